The summed E-state index contributed by atoms with van der Waals surface area (Å²) < 4.78 is 7.63. The molecule has 148 valence electrons. The number of hydrogen-bond acceptors (Lipinski definition) is 4. The maximum absolute atomic E-state index is 12.4. The van der Waals surface area contributed by atoms with Crippen LogP contribution in [0.4, 0.5) is 0 Å². The lowest BCUT2D eigenvalue weighted by molar-refractivity contribution is -0.127. The van der Waals surface area contributed by atoms with E-state index in [1.54, 1.807) is 31.2 Å². The highest BCUT2D eigenvalue weighted by molar-refractivity contribution is 5.80. The van der Waals surface area contributed by atoms with Crippen molar-refractivity contribution in [2.24, 2.45) is 0 Å². The van der Waals surface area contributed by atoms with Gasteiger partial charge in [-0.3, -0.25) is 9.48 Å². The topological polar surface area (TPSA) is 79.9 Å². The fourth-order valence-electron chi connectivity index (χ4n) is 3.09. The monoisotopic (exact) mass is 388 g/mol. The molecular formula is C23H24N4O2. The maximum Gasteiger partial charge on any atom is 0.261 e. The van der Waals surface area contributed by atoms with Crippen LogP contribution in [0.15, 0.2) is 54.6 Å². The molecule has 3 aromatic rings. The van der Waals surface area contributed by atoms with Crippen LogP contribution in [0.3, 0.4) is 0 Å². The summed E-state index contributed by atoms with van der Waals surface area (Å²) in [5.41, 5.74) is 4.68. The lowest BCUT2D eigenvalue weighted by atomic mass is 10.2. The fraction of sp³-hybridized carbons (Fsp3) is 0.261. The van der Waals surface area contributed by atoms with E-state index in [9.17, 15) is 4.79 Å². The Bertz CT molecular complexity index is 1020. The molecule has 6 nitrogen and oxygen atoms in total. The molecule has 1 amide bonds. The summed E-state index contributed by atoms with van der Waals surface area (Å²) in [6.45, 7) is 6.76. The third-order valence-corrected chi connectivity index (χ3v) is 4.81. The van der Waals surface area contributed by atoms with Gasteiger partial charge in [-0.25, -0.2) is 0 Å². The third kappa shape index (κ3) is 5.02. The molecule has 0 saturated carbocycles. The number of nitriles is 1. The van der Waals surface area contributed by atoms with Crippen LogP contribution in [0.5, 0.6) is 5.75 Å². The van der Waals surface area contributed by atoms with Crippen molar-refractivity contribution < 1.29 is 9.53 Å². The normalized spacial score (nSPS) is 11.5. The van der Waals surface area contributed by atoms with E-state index in [0.717, 1.165) is 17.0 Å². The smallest absolute Gasteiger partial charge is 0.261 e. The van der Waals surface area contributed by atoms with E-state index in [-0.39, 0.29) is 5.91 Å². The molecule has 0 saturated heterocycles. The van der Waals surface area contributed by atoms with E-state index in [0.29, 0.717) is 24.4 Å². The number of aryl methyl sites for hydroxylation is 1. The number of aromatic nitrogens is 2. The standard InChI is InChI=1S/C23H24N4O2/c1-16-22(17(2)27(26-16)15-20-7-5-4-6-8-20)14-25-23(28)18(3)29-21-11-9-19(13-24)10-12-21/h4-12,18H,14-15H2,1-3H3,(H,25,28). The largest absolute Gasteiger partial charge is 0.481 e. The first-order valence-electron chi connectivity index (χ1n) is 9.49. The van der Waals surface area contributed by atoms with Gasteiger partial charge in [0.2, 0.25) is 0 Å². The molecule has 29 heavy (non-hydrogen) atoms. The van der Waals surface area contributed by atoms with E-state index in [1.165, 1.54) is 5.56 Å². The van der Waals surface area contributed by atoms with E-state index in [1.807, 2.05) is 36.7 Å². The van der Waals surface area contributed by atoms with Crippen molar-refractivity contribution in [3.63, 3.8) is 0 Å². The second-order valence-corrected chi connectivity index (χ2v) is 6.91. The molecule has 1 atom stereocenters. The molecule has 0 aliphatic heterocycles. The molecule has 0 aliphatic rings. The van der Waals surface area contributed by atoms with Crippen LogP contribution in [-0.2, 0) is 17.9 Å². The maximum atomic E-state index is 12.4. The van der Waals surface area contributed by atoms with Crippen LogP contribution in [0.1, 0.15) is 35.0 Å². The van der Waals surface area contributed by atoms with Crippen LogP contribution in [0, 0.1) is 25.2 Å². The van der Waals surface area contributed by atoms with Crippen LogP contribution < -0.4 is 10.1 Å². The average molecular weight is 388 g/mol. The minimum absolute atomic E-state index is 0.205. The number of amides is 1. The quantitative estimate of drug-likeness (QED) is 0.672. The first kappa shape index (κ1) is 20.2. The Morgan fingerprint density at radius 2 is 1.86 bits per heavy atom. The second-order valence-electron chi connectivity index (χ2n) is 6.91. The number of hydrogen-bond donors (Lipinski definition) is 1. The number of benzene rings is 2. The molecule has 1 N–H and O–H groups in total. The van der Waals surface area contributed by atoms with Gasteiger partial charge in [-0.1, -0.05) is 30.3 Å². The summed E-state index contributed by atoms with van der Waals surface area (Å²) >= 11 is 0. The lowest BCUT2D eigenvalue weighted by Crippen LogP contribution is -2.36. The first-order chi connectivity index (χ1) is 14.0. The Labute approximate surface area is 170 Å². The minimum atomic E-state index is -0.650. The zero-order valence-corrected chi connectivity index (χ0v) is 16.8. The number of ether oxygens (including phenoxy) is 1. The SMILES string of the molecule is Cc1nn(Cc2ccccc2)c(C)c1CNC(=O)C(C)Oc1ccc(C#N)cc1. The van der Waals surface area contributed by atoms with Gasteiger partial charge in [0, 0.05) is 17.8 Å². The van der Waals surface area contributed by atoms with Gasteiger partial charge >= 0.3 is 0 Å². The second kappa shape index (κ2) is 9.07. The minimum Gasteiger partial charge on any atom is -0.481 e. The van der Waals surface area contributed by atoms with Crippen molar-refractivity contribution in [1.29, 1.82) is 5.26 Å². The van der Waals surface area contributed by atoms with Crippen molar-refractivity contribution in [3.05, 3.63) is 82.7 Å². The van der Waals surface area contributed by atoms with Gasteiger partial charge in [0.15, 0.2) is 6.10 Å². The molecule has 3 rings (SSSR count). The van der Waals surface area contributed by atoms with Gasteiger partial charge in [-0.2, -0.15) is 10.4 Å². The molecule has 2 aromatic carbocycles. The lowest BCUT2D eigenvalue weighted by Gasteiger charge is -2.15. The van der Waals surface area contributed by atoms with Crippen molar-refractivity contribution in [1.82, 2.24) is 15.1 Å². The highest BCUT2D eigenvalue weighted by atomic mass is 16.5. The predicted molar refractivity (Wildman–Crippen MR) is 110 cm³/mol. The Hall–Kier alpha value is -3.59. The fourth-order valence-corrected chi connectivity index (χ4v) is 3.09. The van der Waals surface area contributed by atoms with Crippen LogP contribution >= 0.6 is 0 Å². The van der Waals surface area contributed by atoms with E-state index in [4.69, 9.17) is 10.00 Å². The van der Waals surface area contributed by atoms with Gasteiger partial charge in [0.05, 0.1) is 23.9 Å². The highest BCUT2D eigenvalue weighted by Crippen LogP contribution is 2.16. The molecule has 0 bridgehead atoms. The van der Waals surface area contributed by atoms with Gasteiger partial charge in [0.1, 0.15) is 5.75 Å². The highest BCUT2D eigenvalue weighted by Gasteiger charge is 2.17. The molecule has 0 fully saturated rings. The zero-order valence-electron chi connectivity index (χ0n) is 16.8. The Balaban J connectivity index is 1.60. The van der Waals surface area contributed by atoms with Gasteiger partial charge in [-0.15, -0.1) is 0 Å². The van der Waals surface area contributed by atoms with Crippen molar-refractivity contribution in [3.8, 4) is 11.8 Å². The number of carbonyl (C=O) groups is 1. The van der Waals surface area contributed by atoms with Gasteiger partial charge < -0.3 is 10.1 Å². The van der Waals surface area contributed by atoms with E-state index < -0.39 is 6.10 Å². The Morgan fingerprint density at radius 3 is 2.52 bits per heavy atom. The van der Waals surface area contributed by atoms with Gasteiger partial charge in [0.25, 0.3) is 5.91 Å². The van der Waals surface area contributed by atoms with Crippen molar-refractivity contribution in [2.75, 3.05) is 0 Å². The number of nitrogens with one attached hydrogen (secondary N) is 1. The third-order valence-electron chi connectivity index (χ3n) is 4.81. The summed E-state index contributed by atoms with van der Waals surface area (Å²) in [7, 11) is 0. The van der Waals surface area contributed by atoms with Crippen LogP contribution in [0.2, 0.25) is 0 Å². The Kier molecular flexibility index (Phi) is 6.30. The summed E-state index contributed by atoms with van der Waals surface area (Å²) in [5, 5.41) is 16.4. The zero-order chi connectivity index (χ0) is 20.8. The first-order valence-corrected chi connectivity index (χ1v) is 9.49. The summed E-state index contributed by atoms with van der Waals surface area (Å²) in [6, 6.07) is 18.9. The van der Waals surface area contributed by atoms with E-state index >= 15 is 0 Å². The predicted octanol–water partition coefficient (Wildman–Crippen LogP) is 3.50. The number of carbonyl (C=O) groups excluding carboxylic acids is 1. The molecular weight excluding hydrogens is 364 g/mol. The summed E-state index contributed by atoms with van der Waals surface area (Å²) in [6.07, 6.45) is -0.650. The molecule has 1 aromatic heterocycles. The van der Waals surface area contributed by atoms with Crippen LogP contribution in [0.25, 0.3) is 0 Å². The van der Waals surface area contributed by atoms with Crippen LogP contribution in [-0.4, -0.2) is 21.8 Å². The number of rotatable bonds is 7. The molecule has 0 spiro atoms. The molecule has 1 heterocycles. The molecule has 1 unspecified atom stereocenters. The van der Waals surface area contributed by atoms with E-state index in [2.05, 4.69) is 28.6 Å². The van der Waals surface area contributed by atoms with Crippen molar-refractivity contribution >= 4 is 5.91 Å². The number of nitrogens with zero attached hydrogens (tertiary/aromatic N) is 3. The van der Waals surface area contributed by atoms with Gasteiger partial charge in [-0.05, 0) is 50.6 Å². The molecule has 6 heteroatoms. The Morgan fingerprint density at radius 1 is 1.17 bits per heavy atom. The summed E-state index contributed by atoms with van der Waals surface area (Å²) in [4.78, 5) is 12.4. The molecule has 0 radical (unpaired) electrons. The average Bonchev–Trinajstić information content (AvgIpc) is 3.00. The molecule has 0 aliphatic carbocycles. The summed E-state index contributed by atoms with van der Waals surface area (Å²) in [5.74, 6) is 0.346. The van der Waals surface area contributed by atoms with Crippen molar-refractivity contribution in [2.45, 2.75) is 40.0 Å².